The molecule has 0 bridgehead atoms. The summed E-state index contributed by atoms with van der Waals surface area (Å²) in [4.78, 5) is 18.8. The molecular formula is C22H24F3N3OS. The molecule has 3 rings (SSSR count). The summed E-state index contributed by atoms with van der Waals surface area (Å²) in [5, 5.41) is 3.61. The fraction of sp³-hybridized carbons (Fsp3) is 0.364. The molecule has 1 unspecified atom stereocenters. The molecule has 0 radical (unpaired) electrons. The van der Waals surface area contributed by atoms with Gasteiger partial charge < -0.3 is 10.2 Å². The maximum atomic E-state index is 12.7. The molecule has 2 aromatic rings. The number of alkyl halides is 3. The summed E-state index contributed by atoms with van der Waals surface area (Å²) in [6.07, 6.45) is -4.06. The summed E-state index contributed by atoms with van der Waals surface area (Å²) in [5.41, 5.74) is 1.72. The van der Waals surface area contributed by atoms with E-state index in [4.69, 9.17) is 0 Å². The van der Waals surface area contributed by atoms with E-state index in [1.807, 2.05) is 36.2 Å². The first-order chi connectivity index (χ1) is 14.1. The molecule has 1 amide bonds. The molecule has 0 aromatic heterocycles. The third-order valence-electron chi connectivity index (χ3n) is 4.96. The second-order valence-corrected chi connectivity index (χ2v) is 8.53. The van der Waals surface area contributed by atoms with E-state index < -0.39 is 11.7 Å². The van der Waals surface area contributed by atoms with Crippen molar-refractivity contribution >= 4 is 34.2 Å². The summed E-state index contributed by atoms with van der Waals surface area (Å²) in [5.74, 6) is 1.04. The van der Waals surface area contributed by atoms with E-state index in [-0.39, 0.29) is 11.9 Å². The molecule has 8 heteroatoms. The summed E-state index contributed by atoms with van der Waals surface area (Å²) < 4.78 is 38.1. The van der Waals surface area contributed by atoms with Crippen molar-refractivity contribution in [1.82, 2.24) is 4.90 Å². The largest absolute Gasteiger partial charge is 0.416 e. The van der Waals surface area contributed by atoms with E-state index in [9.17, 15) is 18.0 Å². The Bertz CT molecular complexity index is 909. The van der Waals surface area contributed by atoms with Crippen LogP contribution in [0.25, 0.3) is 0 Å². The highest BCUT2D eigenvalue weighted by Crippen LogP contribution is 2.32. The number of benzene rings is 2. The lowest BCUT2D eigenvalue weighted by atomic mass is 10.0. The molecule has 1 aliphatic heterocycles. The zero-order valence-corrected chi connectivity index (χ0v) is 17.8. The van der Waals surface area contributed by atoms with Gasteiger partial charge in [-0.15, -0.1) is 0 Å². The van der Waals surface area contributed by atoms with Gasteiger partial charge in [-0.1, -0.05) is 37.7 Å². The van der Waals surface area contributed by atoms with Crippen LogP contribution in [0.5, 0.6) is 0 Å². The van der Waals surface area contributed by atoms with E-state index in [0.29, 0.717) is 28.9 Å². The molecule has 1 atom stereocenters. The highest BCUT2D eigenvalue weighted by Gasteiger charge is 2.31. The summed E-state index contributed by atoms with van der Waals surface area (Å²) in [6, 6.07) is 12.5. The van der Waals surface area contributed by atoms with Gasteiger partial charge in [-0.2, -0.15) is 13.2 Å². The van der Waals surface area contributed by atoms with Crippen LogP contribution in [0.1, 0.15) is 37.3 Å². The van der Waals surface area contributed by atoms with Gasteiger partial charge in [-0.25, -0.2) is 4.99 Å². The van der Waals surface area contributed by atoms with Crippen molar-refractivity contribution in [3.8, 4) is 0 Å². The predicted octanol–water partition coefficient (Wildman–Crippen LogP) is 5.89. The lowest BCUT2D eigenvalue weighted by Crippen LogP contribution is -2.33. The Hall–Kier alpha value is -2.48. The highest BCUT2D eigenvalue weighted by atomic mass is 32.2. The molecule has 160 valence electrons. The summed E-state index contributed by atoms with van der Waals surface area (Å²) in [7, 11) is 1.85. The maximum Gasteiger partial charge on any atom is 0.416 e. The number of halogens is 3. The van der Waals surface area contributed by atoms with E-state index in [1.165, 1.54) is 29.5 Å². The first-order valence-electron chi connectivity index (χ1n) is 9.65. The standard InChI is InChI=1S/C22H24F3N3OS/c1-14(2)15-4-8-17(9-5-15)26-20(29)12-19-13-30-21(28(19)3)27-18-10-6-16(7-11-18)22(23,24)25/h4-11,14,19H,12-13H2,1-3H3,(H,26,29). The maximum absolute atomic E-state index is 12.7. The number of amides is 1. The number of amidine groups is 1. The molecule has 1 aliphatic rings. The van der Waals surface area contributed by atoms with Crippen molar-refractivity contribution in [1.29, 1.82) is 0 Å². The molecule has 2 aromatic carbocycles. The van der Waals surface area contributed by atoms with Crippen molar-refractivity contribution in [2.75, 3.05) is 18.1 Å². The molecule has 0 saturated carbocycles. The number of nitrogens with one attached hydrogen (secondary N) is 1. The van der Waals surface area contributed by atoms with Gasteiger partial charge in [0.15, 0.2) is 5.17 Å². The molecule has 1 fully saturated rings. The number of hydrogen-bond donors (Lipinski definition) is 1. The molecule has 1 heterocycles. The summed E-state index contributed by atoms with van der Waals surface area (Å²) in [6.45, 7) is 4.23. The van der Waals surface area contributed by atoms with Crippen LogP contribution in [0.15, 0.2) is 53.5 Å². The Morgan fingerprint density at radius 3 is 2.37 bits per heavy atom. The predicted molar refractivity (Wildman–Crippen MR) is 116 cm³/mol. The van der Waals surface area contributed by atoms with Crippen molar-refractivity contribution in [2.24, 2.45) is 4.99 Å². The van der Waals surface area contributed by atoms with Crippen LogP contribution in [0.3, 0.4) is 0 Å². The molecule has 30 heavy (non-hydrogen) atoms. The third kappa shape index (κ3) is 5.56. The average Bonchev–Trinajstić information content (AvgIpc) is 3.01. The third-order valence-corrected chi connectivity index (χ3v) is 6.14. The van der Waals surface area contributed by atoms with Crippen LogP contribution in [-0.4, -0.2) is 34.8 Å². The number of aliphatic imine (C=N–C) groups is 1. The van der Waals surface area contributed by atoms with Crippen LogP contribution in [0.4, 0.5) is 24.5 Å². The Labute approximate surface area is 178 Å². The smallest absolute Gasteiger partial charge is 0.350 e. The molecular weight excluding hydrogens is 411 g/mol. The SMILES string of the molecule is CC(C)c1ccc(NC(=O)CC2CSC(=Nc3ccc(C(F)(F)F)cc3)N2C)cc1. The number of hydrogen-bond acceptors (Lipinski definition) is 3. The van der Waals surface area contributed by atoms with Crippen LogP contribution in [0.2, 0.25) is 0 Å². The van der Waals surface area contributed by atoms with Crippen molar-refractivity contribution in [3.63, 3.8) is 0 Å². The van der Waals surface area contributed by atoms with Gasteiger partial charge in [0, 0.05) is 31.0 Å². The molecule has 1 N–H and O–H groups in total. The summed E-state index contributed by atoms with van der Waals surface area (Å²) >= 11 is 1.49. The minimum absolute atomic E-state index is 0.0295. The van der Waals surface area contributed by atoms with E-state index >= 15 is 0 Å². The van der Waals surface area contributed by atoms with Gasteiger partial charge in [0.2, 0.25) is 5.91 Å². The van der Waals surface area contributed by atoms with E-state index in [0.717, 1.165) is 17.8 Å². The van der Waals surface area contributed by atoms with E-state index in [1.54, 1.807) is 0 Å². The Morgan fingerprint density at radius 2 is 1.80 bits per heavy atom. The number of carbonyl (C=O) groups is 1. The topological polar surface area (TPSA) is 44.7 Å². The molecule has 4 nitrogen and oxygen atoms in total. The minimum atomic E-state index is -4.36. The zero-order valence-electron chi connectivity index (χ0n) is 17.0. The van der Waals surface area contributed by atoms with Crippen LogP contribution in [0, 0.1) is 0 Å². The van der Waals surface area contributed by atoms with Gasteiger partial charge in [-0.3, -0.25) is 4.79 Å². The Morgan fingerprint density at radius 1 is 1.17 bits per heavy atom. The van der Waals surface area contributed by atoms with Gasteiger partial charge in [0.1, 0.15) is 0 Å². The second kappa shape index (κ2) is 9.12. The first kappa shape index (κ1) is 22.2. The lowest BCUT2D eigenvalue weighted by molar-refractivity contribution is -0.137. The zero-order chi connectivity index (χ0) is 21.9. The second-order valence-electron chi connectivity index (χ2n) is 7.54. The van der Waals surface area contributed by atoms with Gasteiger partial charge in [0.25, 0.3) is 0 Å². The van der Waals surface area contributed by atoms with Gasteiger partial charge in [-0.05, 0) is 47.9 Å². The highest BCUT2D eigenvalue weighted by molar-refractivity contribution is 8.14. The fourth-order valence-electron chi connectivity index (χ4n) is 3.06. The number of thioether (sulfide) groups is 1. The quantitative estimate of drug-likeness (QED) is 0.637. The number of rotatable bonds is 5. The lowest BCUT2D eigenvalue weighted by Gasteiger charge is -2.20. The van der Waals surface area contributed by atoms with Gasteiger partial charge in [0.05, 0.1) is 11.3 Å². The van der Waals surface area contributed by atoms with Crippen molar-refractivity contribution in [2.45, 2.75) is 38.4 Å². The molecule has 1 saturated heterocycles. The van der Waals surface area contributed by atoms with Crippen molar-refractivity contribution in [3.05, 3.63) is 59.7 Å². The van der Waals surface area contributed by atoms with E-state index in [2.05, 4.69) is 24.2 Å². The van der Waals surface area contributed by atoms with Crippen LogP contribution >= 0.6 is 11.8 Å². The van der Waals surface area contributed by atoms with Crippen LogP contribution < -0.4 is 5.32 Å². The van der Waals surface area contributed by atoms with Crippen LogP contribution in [-0.2, 0) is 11.0 Å². The fourth-order valence-corrected chi connectivity index (χ4v) is 4.27. The minimum Gasteiger partial charge on any atom is -0.350 e. The Kier molecular flexibility index (Phi) is 6.75. The van der Waals surface area contributed by atoms with Gasteiger partial charge >= 0.3 is 6.18 Å². The monoisotopic (exact) mass is 435 g/mol. The molecule has 0 spiro atoms. The Balaban J connectivity index is 1.58. The number of anilines is 1. The average molecular weight is 436 g/mol. The van der Waals surface area contributed by atoms with Crippen molar-refractivity contribution < 1.29 is 18.0 Å². The number of carbonyl (C=O) groups excluding carboxylic acids is 1. The molecule has 0 aliphatic carbocycles. The number of nitrogens with zero attached hydrogens (tertiary/aromatic N) is 2. The normalized spacial score (nSPS) is 18.3. The first-order valence-corrected chi connectivity index (χ1v) is 10.6.